The molecular weight excluding hydrogens is 228 g/mol. The van der Waals surface area contributed by atoms with E-state index >= 15 is 0 Å². The van der Waals surface area contributed by atoms with Gasteiger partial charge in [-0.3, -0.25) is 4.79 Å². The van der Waals surface area contributed by atoms with Crippen molar-refractivity contribution in [3.8, 4) is 5.75 Å². The van der Waals surface area contributed by atoms with Crippen molar-refractivity contribution in [2.45, 2.75) is 31.7 Å². The van der Waals surface area contributed by atoms with Gasteiger partial charge in [-0.25, -0.2) is 0 Å². The Balaban J connectivity index is 2.03. The second kappa shape index (κ2) is 5.87. The van der Waals surface area contributed by atoms with Gasteiger partial charge in [-0.1, -0.05) is 25.0 Å². The van der Waals surface area contributed by atoms with Crippen LogP contribution >= 0.6 is 0 Å². The molecule has 1 aromatic carbocycles. The zero-order chi connectivity index (χ0) is 13.0. The minimum absolute atomic E-state index is 0.0113. The van der Waals surface area contributed by atoms with Crippen molar-refractivity contribution in [1.82, 2.24) is 5.32 Å². The van der Waals surface area contributed by atoms with Gasteiger partial charge in [0.15, 0.2) is 0 Å². The fourth-order valence-corrected chi connectivity index (χ4v) is 2.64. The molecule has 1 aliphatic carbocycles. The molecular formula is C14H20N2O2. The molecule has 1 aromatic rings. The molecule has 0 bridgehead atoms. The predicted octanol–water partition coefficient (Wildman–Crippen LogP) is 1.64. The number of carbonyl (C=O) groups excluding carboxylic acids is 1. The number of carbonyl (C=O) groups is 1. The van der Waals surface area contributed by atoms with E-state index in [1.54, 1.807) is 18.2 Å². The van der Waals surface area contributed by atoms with Gasteiger partial charge in [0.1, 0.15) is 5.75 Å². The zero-order valence-corrected chi connectivity index (χ0v) is 10.4. The van der Waals surface area contributed by atoms with Crippen LogP contribution < -0.4 is 11.1 Å². The highest BCUT2D eigenvalue weighted by Crippen LogP contribution is 2.27. The highest BCUT2D eigenvalue weighted by Gasteiger charge is 2.26. The molecule has 0 saturated heterocycles. The van der Waals surface area contributed by atoms with Crippen molar-refractivity contribution in [3.05, 3.63) is 29.8 Å². The average Bonchev–Trinajstić information content (AvgIpc) is 2.90. The minimum Gasteiger partial charge on any atom is -0.507 e. The number of nitrogens with two attached hydrogens (primary N) is 1. The topological polar surface area (TPSA) is 75.3 Å². The van der Waals surface area contributed by atoms with Gasteiger partial charge in [0.25, 0.3) is 5.91 Å². The van der Waals surface area contributed by atoms with Gasteiger partial charge in [0.05, 0.1) is 5.56 Å². The van der Waals surface area contributed by atoms with E-state index in [0.717, 1.165) is 12.8 Å². The minimum atomic E-state index is -0.240. The normalized spacial score (nSPS) is 17.6. The molecule has 1 aliphatic rings. The second-order valence-electron chi connectivity index (χ2n) is 4.88. The van der Waals surface area contributed by atoms with E-state index < -0.39 is 0 Å². The summed E-state index contributed by atoms with van der Waals surface area (Å²) in [6.45, 7) is 0.448. The van der Waals surface area contributed by atoms with Crippen LogP contribution in [0.1, 0.15) is 36.0 Å². The SMILES string of the molecule is NCC(NC(=O)c1ccccc1O)C1CCCC1. The summed E-state index contributed by atoms with van der Waals surface area (Å²) in [6, 6.07) is 6.58. The van der Waals surface area contributed by atoms with Crippen molar-refractivity contribution in [2.75, 3.05) is 6.54 Å². The summed E-state index contributed by atoms with van der Waals surface area (Å²) in [5.74, 6) is 0.248. The second-order valence-corrected chi connectivity index (χ2v) is 4.88. The molecule has 1 fully saturated rings. The van der Waals surface area contributed by atoms with Crippen molar-refractivity contribution in [3.63, 3.8) is 0 Å². The quantitative estimate of drug-likeness (QED) is 0.758. The number of hydrogen-bond acceptors (Lipinski definition) is 3. The first-order valence-electron chi connectivity index (χ1n) is 6.51. The number of amides is 1. The maximum atomic E-state index is 12.1. The first kappa shape index (κ1) is 12.9. The van der Waals surface area contributed by atoms with E-state index in [2.05, 4.69) is 5.32 Å². The van der Waals surface area contributed by atoms with Crippen molar-refractivity contribution in [1.29, 1.82) is 0 Å². The van der Waals surface area contributed by atoms with E-state index in [9.17, 15) is 9.90 Å². The Kier molecular flexibility index (Phi) is 4.20. The number of nitrogens with one attached hydrogen (secondary N) is 1. The molecule has 18 heavy (non-hydrogen) atoms. The maximum Gasteiger partial charge on any atom is 0.255 e. The Labute approximate surface area is 107 Å². The van der Waals surface area contributed by atoms with Gasteiger partial charge in [0, 0.05) is 12.6 Å². The largest absolute Gasteiger partial charge is 0.507 e. The molecule has 4 heteroatoms. The third-order valence-corrected chi connectivity index (χ3v) is 3.69. The fraction of sp³-hybridized carbons (Fsp3) is 0.500. The third-order valence-electron chi connectivity index (χ3n) is 3.69. The molecule has 1 amide bonds. The summed E-state index contributed by atoms with van der Waals surface area (Å²) in [5.41, 5.74) is 6.05. The molecule has 0 aliphatic heterocycles. The van der Waals surface area contributed by atoms with Gasteiger partial charge in [-0.15, -0.1) is 0 Å². The third kappa shape index (κ3) is 2.82. The lowest BCUT2D eigenvalue weighted by Gasteiger charge is -2.23. The maximum absolute atomic E-state index is 12.1. The van der Waals surface area contributed by atoms with E-state index in [-0.39, 0.29) is 17.7 Å². The predicted molar refractivity (Wildman–Crippen MR) is 70.4 cm³/mol. The standard InChI is InChI=1S/C14H20N2O2/c15-9-12(10-5-1-2-6-10)16-14(18)11-7-3-4-8-13(11)17/h3-4,7-8,10,12,17H,1-2,5-6,9,15H2,(H,16,18). The number of rotatable bonds is 4. The fourth-order valence-electron chi connectivity index (χ4n) is 2.64. The highest BCUT2D eigenvalue weighted by atomic mass is 16.3. The van der Waals surface area contributed by atoms with Crippen LogP contribution in [0.3, 0.4) is 0 Å². The van der Waals surface area contributed by atoms with Crippen LogP contribution in [0, 0.1) is 5.92 Å². The Bertz CT molecular complexity index is 414. The number of phenols is 1. The van der Waals surface area contributed by atoms with Crippen LogP contribution in [0.4, 0.5) is 0 Å². The Morgan fingerprint density at radius 1 is 1.39 bits per heavy atom. The van der Waals surface area contributed by atoms with Crippen molar-refractivity contribution < 1.29 is 9.90 Å². The summed E-state index contributed by atoms with van der Waals surface area (Å²) in [5, 5.41) is 12.6. The highest BCUT2D eigenvalue weighted by molar-refractivity contribution is 5.96. The zero-order valence-electron chi connectivity index (χ0n) is 10.4. The van der Waals surface area contributed by atoms with E-state index in [4.69, 9.17) is 5.73 Å². The molecule has 4 nitrogen and oxygen atoms in total. The Morgan fingerprint density at radius 2 is 2.06 bits per heavy atom. The van der Waals surface area contributed by atoms with Gasteiger partial charge in [-0.2, -0.15) is 0 Å². The van der Waals surface area contributed by atoms with Gasteiger partial charge < -0.3 is 16.2 Å². The lowest BCUT2D eigenvalue weighted by atomic mass is 9.98. The van der Waals surface area contributed by atoms with Crippen molar-refractivity contribution in [2.24, 2.45) is 11.7 Å². The first-order chi connectivity index (χ1) is 8.72. The number of aromatic hydroxyl groups is 1. The van der Waals surface area contributed by atoms with Crippen LogP contribution in [0.5, 0.6) is 5.75 Å². The van der Waals surface area contributed by atoms with Crippen LogP contribution in [0.2, 0.25) is 0 Å². The molecule has 0 aromatic heterocycles. The number of para-hydroxylation sites is 1. The summed E-state index contributed by atoms with van der Waals surface area (Å²) in [7, 11) is 0. The molecule has 1 saturated carbocycles. The van der Waals surface area contributed by atoms with E-state index in [0.29, 0.717) is 18.0 Å². The molecule has 0 radical (unpaired) electrons. The Morgan fingerprint density at radius 3 is 2.67 bits per heavy atom. The molecule has 1 atom stereocenters. The number of benzene rings is 1. The first-order valence-corrected chi connectivity index (χ1v) is 6.51. The lowest BCUT2D eigenvalue weighted by molar-refractivity contribution is 0.0921. The molecule has 4 N–H and O–H groups in total. The molecule has 2 rings (SSSR count). The number of hydrogen-bond donors (Lipinski definition) is 3. The monoisotopic (exact) mass is 248 g/mol. The van der Waals surface area contributed by atoms with Crippen LogP contribution in [0.25, 0.3) is 0 Å². The summed E-state index contributed by atoms with van der Waals surface area (Å²) in [6.07, 6.45) is 4.69. The lowest BCUT2D eigenvalue weighted by Crippen LogP contribution is -2.44. The number of phenolic OH excluding ortho intramolecular Hbond substituents is 1. The van der Waals surface area contributed by atoms with Crippen LogP contribution in [-0.4, -0.2) is 23.6 Å². The van der Waals surface area contributed by atoms with E-state index in [1.807, 2.05) is 0 Å². The smallest absolute Gasteiger partial charge is 0.255 e. The molecule has 0 heterocycles. The van der Waals surface area contributed by atoms with Crippen molar-refractivity contribution >= 4 is 5.91 Å². The van der Waals surface area contributed by atoms with Crippen LogP contribution in [0.15, 0.2) is 24.3 Å². The van der Waals surface area contributed by atoms with Gasteiger partial charge in [-0.05, 0) is 30.9 Å². The summed E-state index contributed by atoms with van der Waals surface area (Å²) >= 11 is 0. The van der Waals surface area contributed by atoms with Gasteiger partial charge >= 0.3 is 0 Å². The average molecular weight is 248 g/mol. The Hall–Kier alpha value is -1.55. The molecule has 1 unspecified atom stereocenters. The molecule has 0 spiro atoms. The van der Waals surface area contributed by atoms with Crippen LogP contribution in [-0.2, 0) is 0 Å². The summed E-state index contributed by atoms with van der Waals surface area (Å²) < 4.78 is 0. The molecule has 98 valence electrons. The van der Waals surface area contributed by atoms with E-state index in [1.165, 1.54) is 18.9 Å². The summed E-state index contributed by atoms with van der Waals surface area (Å²) in [4.78, 5) is 12.1. The van der Waals surface area contributed by atoms with Gasteiger partial charge in [0.2, 0.25) is 0 Å².